The largest absolute Gasteiger partial charge is 0.497 e. The van der Waals surface area contributed by atoms with Crippen molar-refractivity contribution in [2.75, 3.05) is 7.11 Å². The van der Waals surface area contributed by atoms with Crippen molar-refractivity contribution in [1.82, 2.24) is 9.88 Å². The first-order chi connectivity index (χ1) is 15.5. The zero-order valence-corrected chi connectivity index (χ0v) is 18.9. The Kier molecular flexibility index (Phi) is 8.08. The fraction of sp³-hybridized carbons (Fsp3) is 0.308. The number of carbonyl (C=O) groups excluding carboxylic acids is 1. The molecule has 0 radical (unpaired) electrons. The highest BCUT2D eigenvalue weighted by molar-refractivity contribution is 5.94. The number of benzene rings is 2. The summed E-state index contributed by atoms with van der Waals surface area (Å²) in [4.78, 5) is 25.6. The van der Waals surface area contributed by atoms with E-state index in [0.717, 1.165) is 30.6 Å². The summed E-state index contributed by atoms with van der Waals surface area (Å²) in [5, 5.41) is 2.94. The first kappa shape index (κ1) is 23.1. The van der Waals surface area contributed by atoms with E-state index >= 15 is 0 Å². The van der Waals surface area contributed by atoms with Gasteiger partial charge in [-0.1, -0.05) is 43.7 Å². The number of rotatable bonds is 10. The van der Waals surface area contributed by atoms with Gasteiger partial charge in [0, 0.05) is 23.9 Å². The molecule has 2 aromatic carbocycles. The normalized spacial score (nSPS) is 10.6. The number of unbranched alkanes of at least 4 members (excludes halogenated alkanes) is 1. The maximum absolute atomic E-state index is 12.8. The molecule has 32 heavy (non-hydrogen) atoms. The van der Waals surface area contributed by atoms with Crippen LogP contribution in [0.15, 0.2) is 65.5 Å². The van der Waals surface area contributed by atoms with Crippen LogP contribution in [-0.2, 0) is 19.7 Å². The van der Waals surface area contributed by atoms with Gasteiger partial charge >= 0.3 is 0 Å². The molecule has 0 saturated heterocycles. The van der Waals surface area contributed by atoms with Gasteiger partial charge in [-0.2, -0.15) is 0 Å². The number of pyridine rings is 1. The molecule has 0 atom stereocenters. The summed E-state index contributed by atoms with van der Waals surface area (Å²) in [6, 6.07) is 18.2. The van der Waals surface area contributed by atoms with Crippen molar-refractivity contribution in [3.63, 3.8) is 0 Å². The lowest BCUT2D eigenvalue weighted by atomic mass is 10.2. The Hall–Kier alpha value is -3.54. The predicted molar refractivity (Wildman–Crippen MR) is 125 cm³/mol. The molecule has 0 aliphatic heterocycles. The number of amides is 1. The smallest absolute Gasteiger partial charge is 0.251 e. The van der Waals surface area contributed by atoms with Gasteiger partial charge in [0.1, 0.15) is 12.4 Å². The van der Waals surface area contributed by atoms with Crippen molar-refractivity contribution < 1.29 is 14.3 Å². The average Bonchev–Trinajstić information content (AvgIpc) is 2.82. The molecule has 0 bridgehead atoms. The van der Waals surface area contributed by atoms with E-state index in [1.165, 1.54) is 0 Å². The third-order valence-electron chi connectivity index (χ3n) is 5.31. The second kappa shape index (κ2) is 11.2. The zero-order chi connectivity index (χ0) is 22.9. The minimum Gasteiger partial charge on any atom is -0.497 e. The maximum atomic E-state index is 12.8. The molecule has 0 fully saturated rings. The Bertz CT molecular complexity index is 1090. The molecule has 0 saturated carbocycles. The molecule has 1 N–H and O–H groups in total. The number of nitrogens with one attached hydrogen (secondary N) is 1. The second-order valence-corrected chi connectivity index (χ2v) is 7.62. The lowest BCUT2D eigenvalue weighted by Crippen LogP contribution is -2.28. The Morgan fingerprint density at radius 1 is 1.06 bits per heavy atom. The summed E-state index contributed by atoms with van der Waals surface area (Å²) in [6.07, 6.45) is 1.98. The van der Waals surface area contributed by atoms with Gasteiger partial charge in [-0.25, -0.2) is 0 Å². The topological polar surface area (TPSA) is 69.6 Å². The molecule has 0 unspecified atom stereocenters. The Morgan fingerprint density at radius 2 is 1.78 bits per heavy atom. The van der Waals surface area contributed by atoms with Gasteiger partial charge < -0.3 is 19.4 Å². The van der Waals surface area contributed by atoms with E-state index in [1.807, 2.05) is 37.3 Å². The monoisotopic (exact) mass is 434 g/mol. The number of carbonyl (C=O) groups is 1. The van der Waals surface area contributed by atoms with E-state index in [4.69, 9.17) is 9.47 Å². The van der Waals surface area contributed by atoms with Crippen molar-refractivity contribution in [2.45, 2.75) is 46.4 Å². The highest BCUT2D eigenvalue weighted by Crippen LogP contribution is 2.19. The fourth-order valence-corrected chi connectivity index (χ4v) is 3.51. The molecular formula is C26H30N2O4. The van der Waals surface area contributed by atoms with Crippen molar-refractivity contribution in [2.24, 2.45) is 0 Å². The molecule has 3 aromatic rings. The molecule has 1 aromatic heterocycles. The predicted octanol–water partition coefficient (Wildman–Crippen LogP) is 4.47. The third-order valence-corrected chi connectivity index (χ3v) is 5.31. The van der Waals surface area contributed by atoms with E-state index in [1.54, 1.807) is 37.4 Å². The summed E-state index contributed by atoms with van der Waals surface area (Å²) in [5.74, 6) is 0.744. The van der Waals surface area contributed by atoms with Gasteiger partial charge in [0.15, 0.2) is 5.75 Å². The van der Waals surface area contributed by atoms with Gasteiger partial charge in [0.25, 0.3) is 5.91 Å². The van der Waals surface area contributed by atoms with Crippen molar-refractivity contribution in [3.05, 3.63) is 93.4 Å². The molecule has 6 nitrogen and oxygen atoms in total. The van der Waals surface area contributed by atoms with Crippen LogP contribution in [-0.4, -0.2) is 17.6 Å². The van der Waals surface area contributed by atoms with Crippen LogP contribution in [0.3, 0.4) is 0 Å². The Labute approximate surface area is 188 Å². The number of methoxy groups -OCH3 is 1. The molecule has 6 heteroatoms. The lowest BCUT2D eigenvalue weighted by molar-refractivity contribution is 0.0949. The Morgan fingerprint density at radius 3 is 2.44 bits per heavy atom. The van der Waals surface area contributed by atoms with Crippen molar-refractivity contribution in [1.29, 1.82) is 0 Å². The molecule has 3 rings (SSSR count). The van der Waals surface area contributed by atoms with Crippen LogP contribution in [0, 0.1) is 6.92 Å². The fourth-order valence-electron chi connectivity index (χ4n) is 3.51. The van der Waals surface area contributed by atoms with Crippen LogP contribution in [0.4, 0.5) is 0 Å². The number of hydrogen-bond donors (Lipinski definition) is 1. The van der Waals surface area contributed by atoms with E-state index in [9.17, 15) is 9.59 Å². The van der Waals surface area contributed by atoms with Crippen LogP contribution in [0.1, 0.15) is 47.1 Å². The highest BCUT2D eigenvalue weighted by atomic mass is 16.5. The van der Waals surface area contributed by atoms with Crippen LogP contribution >= 0.6 is 0 Å². The average molecular weight is 435 g/mol. The van der Waals surface area contributed by atoms with Gasteiger partial charge in [0.05, 0.1) is 19.3 Å². The third kappa shape index (κ3) is 5.78. The van der Waals surface area contributed by atoms with Gasteiger partial charge in [-0.3, -0.25) is 9.59 Å². The molecule has 168 valence electrons. The van der Waals surface area contributed by atoms with Crippen LogP contribution in [0.2, 0.25) is 0 Å². The summed E-state index contributed by atoms with van der Waals surface area (Å²) >= 11 is 0. The quantitative estimate of drug-likeness (QED) is 0.511. The van der Waals surface area contributed by atoms with Crippen molar-refractivity contribution in [3.8, 4) is 11.5 Å². The second-order valence-electron chi connectivity index (χ2n) is 7.62. The molecular weight excluding hydrogens is 404 g/mol. The van der Waals surface area contributed by atoms with E-state index < -0.39 is 0 Å². The number of nitrogens with zero attached hydrogens (tertiary/aromatic N) is 1. The molecule has 0 aliphatic rings. The van der Waals surface area contributed by atoms with Crippen LogP contribution < -0.4 is 20.2 Å². The maximum Gasteiger partial charge on any atom is 0.251 e. The minimum atomic E-state index is -0.224. The summed E-state index contributed by atoms with van der Waals surface area (Å²) < 4.78 is 13.2. The number of hydrogen-bond acceptors (Lipinski definition) is 4. The lowest BCUT2D eigenvalue weighted by Gasteiger charge is -2.21. The highest BCUT2D eigenvalue weighted by Gasteiger charge is 2.17. The van der Waals surface area contributed by atoms with Gasteiger partial charge in [-0.15, -0.1) is 0 Å². The number of aryl methyl sites for hydroxylation is 1. The molecule has 0 spiro atoms. The van der Waals surface area contributed by atoms with E-state index in [0.29, 0.717) is 17.0 Å². The van der Waals surface area contributed by atoms with E-state index in [2.05, 4.69) is 16.8 Å². The van der Waals surface area contributed by atoms with Crippen molar-refractivity contribution >= 4 is 5.91 Å². The molecule has 0 aliphatic carbocycles. The SMILES string of the molecule is CCCCn1c(C)cc(=O)c(OCc2ccccc2)c1CNC(=O)c1ccc(OC)cc1. The minimum absolute atomic E-state index is 0.181. The van der Waals surface area contributed by atoms with Crippen LogP contribution in [0.5, 0.6) is 11.5 Å². The zero-order valence-electron chi connectivity index (χ0n) is 18.9. The standard InChI is InChI=1S/C26H30N2O4/c1-4-5-15-28-19(2)16-24(29)25(32-18-20-9-7-6-8-10-20)23(28)17-27-26(30)21-11-13-22(31-3)14-12-21/h6-14,16H,4-5,15,17-18H2,1-3H3,(H,27,30). The number of ether oxygens (including phenoxy) is 2. The summed E-state index contributed by atoms with van der Waals surface area (Å²) in [6.45, 7) is 5.25. The van der Waals surface area contributed by atoms with Gasteiger partial charge in [0.2, 0.25) is 5.43 Å². The molecule has 1 amide bonds. The Balaban J connectivity index is 1.87. The summed E-state index contributed by atoms with van der Waals surface area (Å²) in [7, 11) is 1.58. The van der Waals surface area contributed by atoms with E-state index in [-0.39, 0.29) is 30.2 Å². The summed E-state index contributed by atoms with van der Waals surface area (Å²) in [5.41, 5.74) is 2.85. The number of aromatic nitrogens is 1. The van der Waals surface area contributed by atoms with Crippen LogP contribution in [0.25, 0.3) is 0 Å². The first-order valence-electron chi connectivity index (χ1n) is 10.9. The molecule has 1 heterocycles. The van der Waals surface area contributed by atoms with Gasteiger partial charge in [-0.05, 0) is 43.2 Å². The first-order valence-corrected chi connectivity index (χ1v) is 10.9.